The number of rotatable bonds is 8. The number of amides is 1. The molecule has 6 atom stereocenters. The Morgan fingerprint density at radius 1 is 0.860 bits per heavy atom. The Morgan fingerprint density at radius 3 is 1.95 bits per heavy atom. The Bertz CT molecular complexity index is 1930. The van der Waals surface area contributed by atoms with Crippen LogP contribution in [-0.2, 0) is 19.7 Å². The van der Waals surface area contributed by atoms with Crippen molar-refractivity contribution in [2.75, 3.05) is 11.9 Å². The highest BCUT2D eigenvalue weighted by Crippen LogP contribution is 2.63. The summed E-state index contributed by atoms with van der Waals surface area (Å²) in [6.07, 6.45) is -0.429. The van der Waals surface area contributed by atoms with Crippen LogP contribution in [0.2, 0.25) is 10.0 Å². The van der Waals surface area contributed by atoms with Crippen molar-refractivity contribution in [1.29, 1.82) is 0 Å². The molecule has 2 aliphatic heterocycles. The minimum Gasteiger partial charge on any atom is -0.455 e. The molecule has 4 aromatic rings. The number of likely N-dealkylation sites (tertiary alicyclic amines) is 1. The summed E-state index contributed by atoms with van der Waals surface area (Å²) in [6.45, 7) is 11.3. The number of aliphatic hydroxyl groups is 1. The molecule has 6 nitrogen and oxygen atoms in total. The first-order valence-corrected chi connectivity index (χ1v) is 18.1. The number of fused-ring (bicyclic) bond motifs is 2. The lowest BCUT2D eigenvalue weighted by atomic mass is 9.62. The topological polar surface area (TPSA) is 78.9 Å². The molecule has 2 aliphatic rings. The SMILES string of the molecule is C.C.C.CC(C)(C)C[C@H]1N([C@H](c2ccccc2)[C@@H](OC(=O)C(C)(C)C)c2ccccc2)[C@@H](CO)[C@H](c2cccc(Cl)c2F)[C@@]12C(=O)Nc1cc(Cl)ccc12.S.S.S. The van der Waals surface area contributed by atoms with Crippen LogP contribution in [0.5, 0.6) is 0 Å². The van der Waals surface area contributed by atoms with Gasteiger partial charge in [0, 0.05) is 28.7 Å². The molecule has 57 heavy (non-hydrogen) atoms. The van der Waals surface area contributed by atoms with Crippen molar-refractivity contribution in [3.05, 3.63) is 135 Å². The molecular formula is C45H63Cl2FN2O4S3. The molecule has 0 unspecified atom stereocenters. The maximum Gasteiger partial charge on any atom is 0.311 e. The molecule has 2 heterocycles. The van der Waals surface area contributed by atoms with Crippen LogP contribution in [-0.4, -0.2) is 40.6 Å². The van der Waals surface area contributed by atoms with Gasteiger partial charge in [-0.15, -0.1) is 0 Å². The second-order valence-corrected chi connectivity index (χ2v) is 16.8. The number of halogens is 3. The number of esters is 1. The second-order valence-electron chi connectivity index (χ2n) is 16.0. The van der Waals surface area contributed by atoms with Gasteiger partial charge in [-0.2, -0.15) is 40.5 Å². The van der Waals surface area contributed by atoms with Gasteiger partial charge in [0.2, 0.25) is 5.91 Å². The first kappa shape index (κ1) is 54.3. The first-order valence-electron chi connectivity index (χ1n) is 17.3. The number of nitrogens with zero attached hydrogens (tertiary/aromatic N) is 1. The van der Waals surface area contributed by atoms with E-state index in [0.717, 1.165) is 11.1 Å². The summed E-state index contributed by atoms with van der Waals surface area (Å²) >= 11 is 13.0. The molecule has 0 bridgehead atoms. The highest BCUT2D eigenvalue weighted by molar-refractivity contribution is 7.59. The van der Waals surface area contributed by atoms with Crippen molar-refractivity contribution in [2.45, 2.75) is 106 Å². The van der Waals surface area contributed by atoms with E-state index in [1.165, 1.54) is 6.07 Å². The molecule has 12 heteroatoms. The zero-order valence-corrected chi connectivity index (χ0v) is 35.8. The largest absolute Gasteiger partial charge is 0.455 e. The summed E-state index contributed by atoms with van der Waals surface area (Å²) in [5.74, 6) is -2.30. The van der Waals surface area contributed by atoms with Crippen LogP contribution in [0.25, 0.3) is 0 Å². The average Bonchev–Trinajstić information content (AvgIpc) is 3.51. The Balaban J connectivity index is 0.00000523. The molecule has 2 N–H and O–H groups in total. The van der Waals surface area contributed by atoms with Gasteiger partial charge in [0.15, 0.2) is 0 Å². The molecule has 1 fully saturated rings. The summed E-state index contributed by atoms with van der Waals surface area (Å²) in [7, 11) is 0. The lowest BCUT2D eigenvalue weighted by Gasteiger charge is -2.45. The summed E-state index contributed by atoms with van der Waals surface area (Å²) in [4.78, 5) is 31.1. The van der Waals surface area contributed by atoms with Gasteiger partial charge in [-0.25, -0.2) is 4.39 Å². The smallest absolute Gasteiger partial charge is 0.311 e. The number of hydrogen-bond acceptors (Lipinski definition) is 5. The van der Waals surface area contributed by atoms with Crippen molar-refractivity contribution in [2.24, 2.45) is 10.8 Å². The summed E-state index contributed by atoms with van der Waals surface area (Å²) in [5.41, 5.74) is 0.340. The molecule has 316 valence electrons. The summed E-state index contributed by atoms with van der Waals surface area (Å²) in [6, 6.07) is 27.1. The fourth-order valence-corrected chi connectivity index (χ4v) is 8.53. The number of nitrogens with one attached hydrogen (secondary N) is 1. The maximum atomic E-state index is 16.6. The van der Waals surface area contributed by atoms with Crippen LogP contribution in [0.1, 0.15) is 111 Å². The normalized spacial score (nSPS) is 20.7. The van der Waals surface area contributed by atoms with Gasteiger partial charge < -0.3 is 15.2 Å². The molecule has 0 aromatic heterocycles. The van der Waals surface area contributed by atoms with Crippen LogP contribution < -0.4 is 5.32 Å². The fraction of sp³-hybridized carbons (Fsp3) is 0.422. The average molecular weight is 882 g/mol. The van der Waals surface area contributed by atoms with Crippen molar-refractivity contribution < 1.29 is 23.8 Å². The van der Waals surface area contributed by atoms with E-state index in [2.05, 4.69) is 31.0 Å². The van der Waals surface area contributed by atoms with Gasteiger partial charge in [0.25, 0.3) is 0 Å². The molecular weight excluding hydrogens is 819 g/mol. The van der Waals surface area contributed by atoms with E-state index in [9.17, 15) is 9.90 Å². The number of benzene rings is 4. The molecule has 1 saturated heterocycles. The van der Waals surface area contributed by atoms with Crippen LogP contribution in [0.15, 0.2) is 97.1 Å². The molecule has 6 rings (SSSR count). The van der Waals surface area contributed by atoms with Gasteiger partial charge in [-0.3, -0.25) is 14.5 Å². The van der Waals surface area contributed by atoms with E-state index < -0.39 is 59.4 Å². The lowest BCUT2D eigenvalue weighted by molar-refractivity contribution is -0.165. The third kappa shape index (κ3) is 10.2. The van der Waals surface area contributed by atoms with Gasteiger partial charge in [-0.1, -0.05) is 145 Å². The molecule has 0 radical (unpaired) electrons. The van der Waals surface area contributed by atoms with Crippen molar-refractivity contribution in [1.82, 2.24) is 4.90 Å². The molecule has 4 aromatic carbocycles. The van der Waals surface area contributed by atoms with Gasteiger partial charge in [0.1, 0.15) is 17.3 Å². The van der Waals surface area contributed by atoms with E-state index in [-0.39, 0.29) is 84.7 Å². The van der Waals surface area contributed by atoms with Crippen LogP contribution >= 0.6 is 63.7 Å². The van der Waals surface area contributed by atoms with Gasteiger partial charge >= 0.3 is 5.97 Å². The molecule has 1 spiro atoms. The van der Waals surface area contributed by atoms with E-state index >= 15 is 9.18 Å². The van der Waals surface area contributed by atoms with Gasteiger partial charge in [0.05, 0.1) is 23.1 Å². The number of carbonyl (C=O) groups is 2. The number of ether oxygens (including phenoxy) is 1. The quantitative estimate of drug-likeness (QED) is 0.172. The number of anilines is 1. The first-order chi connectivity index (χ1) is 24.1. The number of carbonyl (C=O) groups excluding carboxylic acids is 2. The molecule has 0 aliphatic carbocycles. The Morgan fingerprint density at radius 2 is 1.42 bits per heavy atom. The van der Waals surface area contributed by atoms with Gasteiger partial charge in [-0.05, 0) is 73.1 Å². The number of hydrogen-bond donors (Lipinski definition) is 2. The Hall–Kier alpha value is -2.70. The predicted molar refractivity (Wildman–Crippen MR) is 252 cm³/mol. The fourth-order valence-electron chi connectivity index (χ4n) is 8.18. The Kier molecular flexibility index (Phi) is 20.0. The van der Waals surface area contributed by atoms with E-state index in [4.69, 9.17) is 27.9 Å². The zero-order valence-electron chi connectivity index (χ0n) is 31.3. The van der Waals surface area contributed by atoms with Crippen molar-refractivity contribution >= 4 is 81.3 Å². The predicted octanol–water partition coefficient (Wildman–Crippen LogP) is 11.9. The standard InChI is InChI=1S/C42H45Cl2FN2O4.3CH4.3H2S/c1-40(2,3)23-33-42(29-21-20-27(43)22-31(29)46-38(42)49)34(28-18-13-19-30(44)35(28)45)32(24-48)47(33)36(25-14-9-7-10-15-25)37(26-16-11-8-12-17-26)51-39(50)41(4,5)6;;;;;;/h7-22,32-34,36-37,48H,23-24H2,1-6H3,(H,46,49);3*1H4;3*1H2/t32-,33+,34-,36+,37-,42-;;;;;;/m0....../s1. The maximum absolute atomic E-state index is 16.6. The van der Waals surface area contributed by atoms with Crippen LogP contribution in [0.4, 0.5) is 10.1 Å². The number of aliphatic hydroxyl groups excluding tert-OH is 1. The van der Waals surface area contributed by atoms with E-state index in [0.29, 0.717) is 22.7 Å². The Labute approximate surface area is 371 Å². The molecule has 0 saturated carbocycles. The second kappa shape index (κ2) is 21.0. The minimum atomic E-state index is -1.42. The monoisotopic (exact) mass is 880 g/mol. The minimum absolute atomic E-state index is 0. The van der Waals surface area contributed by atoms with E-state index in [1.54, 1.807) is 24.3 Å². The summed E-state index contributed by atoms with van der Waals surface area (Å²) in [5, 5.41) is 15.1. The van der Waals surface area contributed by atoms with Crippen molar-refractivity contribution in [3.63, 3.8) is 0 Å². The van der Waals surface area contributed by atoms with Crippen LogP contribution in [0.3, 0.4) is 0 Å². The summed E-state index contributed by atoms with van der Waals surface area (Å²) < 4.78 is 23.1. The van der Waals surface area contributed by atoms with Crippen LogP contribution in [0, 0.1) is 16.6 Å². The zero-order chi connectivity index (χ0) is 36.9. The highest BCUT2D eigenvalue weighted by atomic mass is 35.5. The third-order valence-electron chi connectivity index (χ3n) is 10.2. The molecule has 1 amide bonds. The highest BCUT2D eigenvalue weighted by Gasteiger charge is 2.69. The third-order valence-corrected chi connectivity index (χ3v) is 10.8. The van der Waals surface area contributed by atoms with Crippen molar-refractivity contribution in [3.8, 4) is 0 Å². The lowest BCUT2D eigenvalue weighted by Crippen LogP contribution is -2.52. The van der Waals surface area contributed by atoms with E-state index in [1.807, 2.05) is 87.5 Å².